The summed E-state index contributed by atoms with van der Waals surface area (Å²) in [5.74, 6) is 0.882. The first-order valence-corrected chi connectivity index (χ1v) is 7.56. The highest BCUT2D eigenvalue weighted by Crippen LogP contribution is 2.65. The van der Waals surface area contributed by atoms with Gasteiger partial charge in [-0.1, -0.05) is 20.8 Å². The normalized spacial score (nSPS) is 44.3. The monoisotopic (exact) mass is 266 g/mol. The van der Waals surface area contributed by atoms with Gasteiger partial charge in [0, 0.05) is 12.6 Å². The maximum absolute atomic E-state index is 12.3. The molecule has 1 saturated heterocycles. The van der Waals surface area contributed by atoms with Crippen LogP contribution in [0.2, 0.25) is 0 Å². The van der Waals surface area contributed by atoms with Crippen molar-refractivity contribution in [2.24, 2.45) is 16.7 Å². The maximum Gasteiger partial charge on any atom is 0.239 e. The molecule has 3 fully saturated rings. The van der Waals surface area contributed by atoms with Crippen molar-refractivity contribution in [3.63, 3.8) is 0 Å². The average molecular weight is 266 g/mol. The van der Waals surface area contributed by atoms with Gasteiger partial charge in [-0.25, -0.2) is 0 Å². The van der Waals surface area contributed by atoms with E-state index in [1.807, 2.05) is 0 Å². The Bertz CT molecular complexity index is 376. The summed E-state index contributed by atoms with van der Waals surface area (Å²) in [7, 11) is 0. The van der Waals surface area contributed by atoms with Crippen LogP contribution in [0.15, 0.2) is 0 Å². The summed E-state index contributed by atoms with van der Waals surface area (Å²) in [5.41, 5.74) is 0.601. The van der Waals surface area contributed by atoms with Gasteiger partial charge in [-0.2, -0.15) is 0 Å². The first-order chi connectivity index (χ1) is 8.95. The molecule has 4 heteroatoms. The van der Waals surface area contributed by atoms with Crippen molar-refractivity contribution in [1.29, 1.82) is 0 Å². The number of rotatable bonds is 2. The predicted molar refractivity (Wildman–Crippen MR) is 73.8 cm³/mol. The molecule has 3 aliphatic rings. The van der Waals surface area contributed by atoms with Crippen molar-refractivity contribution in [3.8, 4) is 0 Å². The number of hydrogen-bond donors (Lipinski definition) is 2. The highest BCUT2D eigenvalue weighted by atomic mass is 16.5. The molecule has 1 heterocycles. The number of hydrogen-bond acceptors (Lipinski definition) is 3. The maximum atomic E-state index is 12.3. The van der Waals surface area contributed by atoms with E-state index >= 15 is 0 Å². The summed E-state index contributed by atoms with van der Waals surface area (Å²) >= 11 is 0. The molecule has 1 aliphatic heterocycles. The topological polar surface area (TPSA) is 50.4 Å². The summed E-state index contributed by atoms with van der Waals surface area (Å²) in [6, 6.07) is 0.164. The fourth-order valence-corrected chi connectivity index (χ4v) is 4.43. The van der Waals surface area contributed by atoms with Gasteiger partial charge in [0.1, 0.15) is 6.04 Å². The molecule has 4 nitrogen and oxygen atoms in total. The van der Waals surface area contributed by atoms with E-state index in [0.717, 1.165) is 18.9 Å². The molecule has 0 aromatic carbocycles. The van der Waals surface area contributed by atoms with Crippen LogP contribution in [0.4, 0.5) is 0 Å². The van der Waals surface area contributed by atoms with Gasteiger partial charge >= 0.3 is 0 Å². The lowest BCUT2D eigenvalue weighted by Gasteiger charge is -2.40. The van der Waals surface area contributed by atoms with Gasteiger partial charge in [-0.05, 0) is 36.0 Å². The second-order valence-corrected chi connectivity index (χ2v) is 7.25. The van der Waals surface area contributed by atoms with Crippen LogP contribution < -0.4 is 10.6 Å². The first-order valence-electron chi connectivity index (χ1n) is 7.56. The first kappa shape index (κ1) is 13.4. The second-order valence-electron chi connectivity index (χ2n) is 7.25. The molecule has 1 amide bonds. The van der Waals surface area contributed by atoms with Crippen molar-refractivity contribution < 1.29 is 9.53 Å². The molecule has 2 aliphatic carbocycles. The van der Waals surface area contributed by atoms with Crippen molar-refractivity contribution in [2.45, 2.75) is 52.1 Å². The van der Waals surface area contributed by atoms with Gasteiger partial charge in [0.05, 0.1) is 13.2 Å². The summed E-state index contributed by atoms with van der Waals surface area (Å²) in [6.07, 6.45) is 3.70. The van der Waals surface area contributed by atoms with Crippen molar-refractivity contribution in [2.75, 3.05) is 19.8 Å². The fraction of sp³-hybridized carbons (Fsp3) is 0.933. The summed E-state index contributed by atoms with van der Waals surface area (Å²) in [5, 5.41) is 6.53. The Balaban J connectivity index is 1.66. The molecule has 0 spiro atoms. The van der Waals surface area contributed by atoms with E-state index in [9.17, 15) is 4.79 Å². The molecule has 19 heavy (non-hydrogen) atoms. The highest BCUT2D eigenvalue weighted by Gasteiger charge is 2.61. The lowest BCUT2D eigenvalue weighted by atomic mass is 9.69. The van der Waals surface area contributed by atoms with Gasteiger partial charge in [0.15, 0.2) is 0 Å². The van der Waals surface area contributed by atoms with E-state index in [1.54, 1.807) is 0 Å². The number of amides is 1. The number of ether oxygens (including phenoxy) is 1. The zero-order valence-corrected chi connectivity index (χ0v) is 12.3. The minimum Gasteiger partial charge on any atom is -0.378 e. The lowest BCUT2D eigenvalue weighted by Crippen LogP contribution is -2.56. The molecule has 4 atom stereocenters. The van der Waals surface area contributed by atoms with Crippen LogP contribution in [0.3, 0.4) is 0 Å². The molecule has 0 radical (unpaired) electrons. The Labute approximate surface area is 115 Å². The van der Waals surface area contributed by atoms with Crippen LogP contribution in [0.1, 0.15) is 40.0 Å². The Morgan fingerprint density at radius 1 is 1.37 bits per heavy atom. The summed E-state index contributed by atoms with van der Waals surface area (Å²) in [6.45, 7) is 9.09. The van der Waals surface area contributed by atoms with E-state index in [4.69, 9.17) is 4.74 Å². The van der Waals surface area contributed by atoms with Crippen LogP contribution in [-0.4, -0.2) is 37.7 Å². The second kappa shape index (κ2) is 4.45. The number of nitrogens with one attached hydrogen (secondary N) is 2. The highest BCUT2D eigenvalue weighted by molar-refractivity contribution is 5.82. The Hall–Kier alpha value is -0.610. The van der Waals surface area contributed by atoms with E-state index < -0.39 is 0 Å². The molecule has 2 saturated carbocycles. The Kier molecular flexibility index (Phi) is 3.13. The Morgan fingerprint density at radius 3 is 2.68 bits per heavy atom. The average Bonchev–Trinajstić information content (AvgIpc) is 2.73. The van der Waals surface area contributed by atoms with E-state index in [0.29, 0.717) is 24.7 Å². The lowest BCUT2D eigenvalue weighted by molar-refractivity contribution is -0.127. The summed E-state index contributed by atoms with van der Waals surface area (Å²) in [4.78, 5) is 12.3. The standard InChI is InChI=1S/C15H26N2O2/c1-14(2)10-4-5-15(14,3)12(8-10)17-13(18)11-9-19-7-6-16-11/h10-12,16H,4-9H2,1-3H3,(H,17,18). The fourth-order valence-electron chi connectivity index (χ4n) is 4.43. The van der Waals surface area contributed by atoms with Gasteiger partial charge in [0.25, 0.3) is 0 Å². The quantitative estimate of drug-likeness (QED) is 0.792. The minimum absolute atomic E-state index is 0.120. The third kappa shape index (κ3) is 1.91. The summed E-state index contributed by atoms with van der Waals surface area (Å²) < 4.78 is 5.37. The minimum atomic E-state index is -0.167. The van der Waals surface area contributed by atoms with Gasteiger partial charge in [-0.3, -0.25) is 4.79 Å². The van der Waals surface area contributed by atoms with Crippen LogP contribution in [0, 0.1) is 16.7 Å². The predicted octanol–water partition coefficient (Wildman–Crippen LogP) is 1.31. The Morgan fingerprint density at radius 2 is 2.16 bits per heavy atom. The van der Waals surface area contributed by atoms with Crippen LogP contribution in [-0.2, 0) is 9.53 Å². The van der Waals surface area contributed by atoms with Crippen molar-refractivity contribution >= 4 is 5.91 Å². The number of carbonyl (C=O) groups excluding carboxylic acids is 1. The number of fused-ring (bicyclic) bond motifs is 2. The molecule has 2 N–H and O–H groups in total. The third-order valence-electron chi connectivity index (χ3n) is 6.35. The van der Waals surface area contributed by atoms with Crippen LogP contribution in [0.25, 0.3) is 0 Å². The zero-order valence-electron chi connectivity index (χ0n) is 12.3. The molecule has 0 aromatic rings. The zero-order chi connectivity index (χ0) is 13.7. The molecular weight excluding hydrogens is 240 g/mol. The van der Waals surface area contributed by atoms with Crippen molar-refractivity contribution in [1.82, 2.24) is 10.6 Å². The molecule has 0 aromatic heterocycles. The number of carbonyl (C=O) groups is 1. The van der Waals surface area contributed by atoms with E-state index in [1.165, 1.54) is 12.8 Å². The van der Waals surface area contributed by atoms with Gasteiger partial charge in [-0.15, -0.1) is 0 Å². The van der Waals surface area contributed by atoms with Crippen molar-refractivity contribution in [3.05, 3.63) is 0 Å². The molecule has 4 unspecified atom stereocenters. The smallest absolute Gasteiger partial charge is 0.239 e. The largest absolute Gasteiger partial charge is 0.378 e. The van der Waals surface area contributed by atoms with Crippen LogP contribution >= 0.6 is 0 Å². The van der Waals surface area contributed by atoms with Gasteiger partial charge < -0.3 is 15.4 Å². The van der Waals surface area contributed by atoms with E-state index in [2.05, 4.69) is 31.4 Å². The van der Waals surface area contributed by atoms with Gasteiger partial charge in [0.2, 0.25) is 5.91 Å². The van der Waals surface area contributed by atoms with E-state index in [-0.39, 0.29) is 17.4 Å². The molecule has 2 bridgehead atoms. The molecular formula is C15H26N2O2. The van der Waals surface area contributed by atoms with Crippen LogP contribution in [0.5, 0.6) is 0 Å². The molecule has 3 rings (SSSR count). The SMILES string of the molecule is CC1(C)C2CCC1(C)C(NC(=O)C1COCCN1)C2. The third-order valence-corrected chi connectivity index (χ3v) is 6.35. The molecule has 108 valence electrons. The number of morpholine rings is 1.